The predicted octanol–water partition coefficient (Wildman–Crippen LogP) is 2.08. The molecular formula is C22H43N3O5. The van der Waals surface area contributed by atoms with E-state index in [0.29, 0.717) is 0 Å². The van der Waals surface area contributed by atoms with Crippen molar-refractivity contribution >= 4 is 17.8 Å². The molecule has 8 heteroatoms. The number of carboxylic acids is 1. The van der Waals surface area contributed by atoms with Gasteiger partial charge in [0, 0.05) is 13.2 Å². The first-order valence-corrected chi connectivity index (χ1v) is 10.8. The highest BCUT2D eigenvalue weighted by atomic mass is 16.5. The van der Waals surface area contributed by atoms with Gasteiger partial charge < -0.3 is 9.84 Å². The minimum atomic E-state index is -0.949. The molecule has 0 radical (unpaired) electrons. The highest BCUT2D eigenvalue weighted by Gasteiger charge is 2.39. The molecule has 176 valence electrons. The Balaban J connectivity index is 5.83. The zero-order valence-corrected chi connectivity index (χ0v) is 20.4. The van der Waals surface area contributed by atoms with Crippen molar-refractivity contribution in [3.63, 3.8) is 0 Å². The lowest BCUT2D eigenvalue weighted by Crippen LogP contribution is -2.59. The third-order valence-electron chi connectivity index (χ3n) is 5.80. The van der Waals surface area contributed by atoms with Gasteiger partial charge in [0.1, 0.15) is 0 Å². The largest absolute Gasteiger partial charge is 0.481 e. The molecule has 0 saturated heterocycles. The molecule has 0 aliphatic rings. The van der Waals surface area contributed by atoms with Crippen molar-refractivity contribution in [3.05, 3.63) is 0 Å². The molecule has 0 heterocycles. The molecule has 0 aromatic heterocycles. The molecule has 30 heavy (non-hydrogen) atoms. The van der Waals surface area contributed by atoms with Gasteiger partial charge in [-0.15, -0.1) is 0 Å². The SMILES string of the molecule is CCC(C)[C@@H](C(CC(=O)O)OC)N(C)[C@H](C(=O)NC(=O)[C@H](C(C)C)N(C)C)C(C)C. The van der Waals surface area contributed by atoms with Crippen molar-refractivity contribution in [2.24, 2.45) is 17.8 Å². The fourth-order valence-electron chi connectivity index (χ4n) is 4.33. The summed E-state index contributed by atoms with van der Waals surface area (Å²) in [6.45, 7) is 11.8. The lowest BCUT2D eigenvalue weighted by Gasteiger charge is -2.42. The van der Waals surface area contributed by atoms with Crippen LogP contribution in [0.5, 0.6) is 0 Å². The maximum Gasteiger partial charge on any atom is 0.306 e. The lowest BCUT2D eigenvalue weighted by molar-refractivity contribution is -0.143. The van der Waals surface area contributed by atoms with E-state index in [4.69, 9.17) is 4.74 Å². The number of amides is 2. The van der Waals surface area contributed by atoms with Crippen LogP contribution in [0.25, 0.3) is 0 Å². The molecule has 0 aliphatic heterocycles. The van der Waals surface area contributed by atoms with Gasteiger partial charge in [-0.05, 0) is 38.9 Å². The third-order valence-corrected chi connectivity index (χ3v) is 5.80. The van der Waals surface area contributed by atoms with Gasteiger partial charge in [0.05, 0.1) is 24.6 Å². The lowest BCUT2D eigenvalue weighted by atomic mass is 9.88. The van der Waals surface area contributed by atoms with Crippen LogP contribution in [0.3, 0.4) is 0 Å². The molecule has 0 aliphatic carbocycles. The molecule has 0 aromatic rings. The van der Waals surface area contributed by atoms with Gasteiger partial charge in [-0.1, -0.05) is 48.0 Å². The van der Waals surface area contributed by atoms with Crippen LogP contribution < -0.4 is 5.32 Å². The van der Waals surface area contributed by atoms with E-state index in [9.17, 15) is 19.5 Å². The summed E-state index contributed by atoms with van der Waals surface area (Å²) in [5.41, 5.74) is 0. The summed E-state index contributed by atoms with van der Waals surface area (Å²) in [5.74, 6) is -1.60. The topological polar surface area (TPSA) is 99.2 Å². The number of aliphatic carboxylic acids is 1. The van der Waals surface area contributed by atoms with E-state index in [1.807, 2.05) is 67.6 Å². The third kappa shape index (κ3) is 7.96. The second kappa shape index (κ2) is 13.0. The van der Waals surface area contributed by atoms with Gasteiger partial charge in [0.15, 0.2) is 0 Å². The van der Waals surface area contributed by atoms with Crippen LogP contribution in [-0.4, -0.2) is 85.2 Å². The number of carbonyl (C=O) groups is 3. The van der Waals surface area contributed by atoms with Crippen molar-refractivity contribution in [2.75, 3.05) is 28.3 Å². The van der Waals surface area contributed by atoms with Gasteiger partial charge >= 0.3 is 5.97 Å². The molecule has 0 fully saturated rings. The van der Waals surface area contributed by atoms with Crippen LogP contribution in [0.15, 0.2) is 0 Å². The van der Waals surface area contributed by atoms with Crippen LogP contribution in [0.2, 0.25) is 0 Å². The molecule has 0 bridgehead atoms. The van der Waals surface area contributed by atoms with Crippen LogP contribution in [0.1, 0.15) is 54.4 Å². The summed E-state index contributed by atoms with van der Waals surface area (Å²) >= 11 is 0. The number of likely N-dealkylation sites (N-methyl/N-ethyl adjacent to an activating group) is 2. The van der Waals surface area contributed by atoms with E-state index < -0.39 is 24.2 Å². The quantitative estimate of drug-likeness (QED) is 0.462. The Morgan fingerprint density at radius 3 is 1.73 bits per heavy atom. The summed E-state index contributed by atoms with van der Waals surface area (Å²) in [6, 6.07) is -1.32. The molecule has 0 saturated carbocycles. The summed E-state index contributed by atoms with van der Waals surface area (Å²) < 4.78 is 5.53. The Bertz CT molecular complexity index is 557. The number of hydrogen-bond donors (Lipinski definition) is 2. The van der Waals surface area contributed by atoms with Crippen molar-refractivity contribution in [3.8, 4) is 0 Å². The highest BCUT2D eigenvalue weighted by Crippen LogP contribution is 2.25. The Labute approximate surface area is 182 Å². The number of hydrogen-bond acceptors (Lipinski definition) is 6. The van der Waals surface area contributed by atoms with Gasteiger partial charge in [-0.3, -0.25) is 29.5 Å². The molecule has 2 N–H and O–H groups in total. The van der Waals surface area contributed by atoms with E-state index in [1.54, 1.807) is 4.90 Å². The predicted molar refractivity (Wildman–Crippen MR) is 118 cm³/mol. The zero-order chi connectivity index (χ0) is 23.8. The van der Waals surface area contributed by atoms with E-state index in [2.05, 4.69) is 5.32 Å². The number of ether oxygens (including phenoxy) is 1. The molecular weight excluding hydrogens is 386 g/mol. The Morgan fingerprint density at radius 2 is 1.40 bits per heavy atom. The average molecular weight is 430 g/mol. The van der Waals surface area contributed by atoms with Gasteiger partial charge in [0.25, 0.3) is 0 Å². The van der Waals surface area contributed by atoms with Crippen molar-refractivity contribution in [2.45, 2.75) is 78.6 Å². The van der Waals surface area contributed by atoms with E-state index in [1.165, 1.54) is 7.11 Å². The number of rotatable bonds is 13. The highest BCUT2D eigenvalue weighted by molar-refractivity contribution is 6.00. The standard InChI is InChI=1S/C22H43N3O5/c1-11-15(6)20(16(30-10)12-17(26)27)25(9)19(14(4)5)22(29)23-21(28)18(13(2)3)24(7)8/h13-16,18-20H,11-12H2,1-10H3,(H,26,27)(H,23,28,29)/t15?,16?,18-,19-,20-/m0/s1. The molecule has 0 aromatic carbocycles. The Kier molecular flexibility index (Phi) is 12.4. The number of nitrogens with zero attached hydrogens (tertiary/aromatic N) is 2. The van der Waals surface area contributed by atoms with E-state index in [-0.39, 0.29) is 42.0 Å². The summed E-state index contributed by atoms with van der Waals surface area (Å²) in [4.78, 5) is 41.0. The van der Waals surface area contributed by atoms with Gasteiger partial charge in [-0.2, -0.15) is 0 Å². The van der Waals surface area contributed by atoms with Crippen molar-refractivity contribution in [1.82, 2.24) is 15.1 Å². The number of carbonyl (C=O) groups excluding carboxylic acids is 2. The van der Waals surface area contributed by atoms with Gasteiger partial charge in [0.2, 0.25) is 11.8 Å². The second-order valence-electron chi connectivity index (χ2n) is 9.11. The number of methoxy groups -OCH3 is 1. The fourth-order valence-corrected chi connectivity index (χ4v) is 4.33. The Hall–Kier alpha value is -1.51. The maximum atomic E-state index is 13.2. The summed E-state index contributed by atoms with van der Waals surface area (Å²) in [5, 5.41) is 11.9. The molecule has 2 amide bonds. The molecule has 0 rings (SSSR count). The van der Waals surface area contributed by atoms with Crippen molar-refractivity contribution < 1.29 is 24.2 Å². The fraction of sp³-hybridized carbons (Fsp3) is 0.864. The number of carboxylic acid groups (broad SMARTS) is 1. The first-order valence-electron chi connectivity index (χ1n) is 10.8. The number of imide groups is 1. The van der Waals surface area contributed by atoms with E-state index >= 15 is 0 Å². The summed E-state index contributed by atoms with van der Waals surface area (Å²) in [7, 11) is 6.93. The molecule has 8 nitrogen and oxygen atoms in total. The molecule has 2 unspecified atom stereocenters. The first-order chi connectivity index (χ1) is 13.8. The Morgan fingerprint density at radius 1 is 0.933 bits per heavy atom. The van der Waals surface area contributed by atoms with E-state index in [0.717, 1.165) is 6.42 Å². The monoisotopic (exact) mass is 429 g/mol. The first kappa shape index (κ1) is 28.5. The average Bonchev–Trinajstić information content (AvgIpc) is 2.59. The normalized spacial score (nSPS) is 17.1. The minimum absolute atomic E-state index is 0.0457. The minimum Gasteiger partial charge on any atom is -0.481 e. The second-order valence-corrected chi connectivity index (χ2v) is 9.11. The van der Waals surface area contributed by atoms with Crippen LogP contribution in [-0.2, 0) is 19.1 Å². The maximum absolute atomic E-state index is 13.2. The van der Waals surface area contributed by atoms with Crippen LogP contribution >= 0.6 is 0 Å². The number of nitrogens with one attached hydrogen (secondary N) is 1. The van der Waals surface area contributed by atoms with Gasteiger partial charge in [-0.25, -0.2) is 0 Å². The molecule has 0 spiro atoms. The summed E-state index contributed by atoms with van der Waals surface area (Å²) in [6.07, 6.45) is 0.0741. The van der Waals surface area contributed by atoms with Crippen LogP contribution in [0.4, 0.5) is 0 Å². The van der Waals surface area contributed by atoms with Crippen LogP contribution in [0, 0.1) is 17.8 Å². The smallest absolute Gasteiger partial charge is 0.306 e. The molecule has 5 atom stereocenters. The van der Waals surface area contributed by atoms with Crippen molar-refractivity contribution in [1.29, 1.82) is 0 Å². The zero-order valence-electron chi connectivity index (χ0n) is 20.4.